The van der Waals surface area contributed by atoms with E-state index in [4.69, 9.17) is 9.52 Å². The van der Waals surface area contributed by atoms with Crippen molar-refractivity contribution in [3.05, 3.63) is 47.2 Å². The molecule has 0 radical (unpaired) electrons. The molecule has 0 unspecified atom stereocenters. The van der Waals surface area contributed by atoms with Gasteiger partial charge in [0, 0.05) is 12.5 Å². The number of amides is 1. The third-order valence-electron chi connectivity index (χ3n) is 2.59. The Balaban J connectivity index is 2.26. The molecule has 0 saturated heterocycles. The molecule has 2 N–H and O–H groups in total. The van der Waals surface area contributed by atoms with Crippen LogP contribution in [0.2, 0.25) is 0 Å². The highest BCUT2D eigenvalue weighted by Gasteiger charge is 2.16. The van der Waals surface area contributed by atoms with Crippen LogP contribution in [-0.4, -0.2) is 22.6 Å². The van der Waals surface area contributed by atoms with Crippen molar-refractivity contribution in [1.82, 2.24) is 4.98 Å². The van der Waals surface area contributed by atoms with Crippen LogP contribution in [0.5, 0.6) is 0 Å². The van der Waals surface area contributed by atoms with E-state index < -0.39 is 0 Å². The summed E-state index contributed by atoms with van der Waals surface area (Å²) in [6, 6.07) is 7.09. The predicted octanol–water partition coefficient (Wildman–Crippen LogP) is 1.89. The van der Waals surface area contributed by atoms with Crippen molar-refractivity contribution < 1.29 is 14.3 Å². The van der Waals surface area contributed by atoms with Gasteiger partial charge in [-0.05, 0) is 19.1 Å². The summed E-state index contributed by atoms with van der Waals surface area (Å²) in [7, 11) is 0. The number of nitrogens with one attached hydrogen (secondary N) is 1. The number of hydrogen-bond acceptors (Lipinski definition) is 4. The van der Waals surface area contributed by atoms with Crippen LogP contribution < -0.4 is 5.32 Å². The second-order valence-corrected chi connectivity index (χ2v) is 4.11. The highest BCUT2D eigenvalue weighted by molar-refractivity contribution is 6.03. The van der Waals surface area contributed by atoms with Gasteiger partial charge in [0.15, 0.2) is 5.89 Å². The van der Waals surface area contributed by atoms with Gasteiger partial charge >= 0.3 is 0 Å². The van der Waals surface area contributed by atoms with E-state index in [2.05, 4.69) is 22.1 Å². The molecular formula is C15H14N2O3. The summed E-state index contributed by atoms with van der Waals surface area (Å²) in [6.07, 6.45) is 0. The van der Waals surface area contributed by atoms with Crippen molar-refractivity contribution in [3.8, 4) is 11.8 Å². The summed E-state index contributed by atoms with van der Waals surface area (Å²) in [5, 5.41) is 11.5. The monoisotopic (exact) mass is 270 g/mol. The van der Waals surface area contributed by atoms with Crippen molar-refractivity contribution in [3.63, 3.8) is 0 Å². The summed E-state index contributed by atoms with van der Waals surface area (Å²) in [4.78, 5) is 16.2. The number of nitrogens with zero attached hydrogens (tertiary/aromatic N) is 1. The lowest BCUT2D eigenvalue weighted by Crippen LogP contribution is -2.13. The van der Waals surface area contributed by atoms with E-state index in [1.165, 1.54) is 0 Å². The van der Waals surface area contributed by atoms with Crippen molar-refractivity contribution in [1.29, 1.82) is 0 Å². The number of carbonyl (C=O) groups excluding carboxylic acids is 1. The van der Waals surface area contributed by atoms with Gasteiger partial charge in [-0.15, -0.1) is 0 Å². The normalized spacial score (nSPS) is 9.75. The Morgan fingerprint density at radius 2 is 2.15 bits per heavy atom. The van der Waals surface area contributed by atoms with Crippen molar-refractivity contribution in [2.45, 2.75) is 13.8 Å². The molecule has 5 heteroatoms. The number of anilines is 1. The van der Waals surface area contributed by atoms with Crippen LogP contribution in [0.1, 0.15) is 27.7 Å². The fraction of sp³-hybridized carbons (Fsp3) is 0.200. The number of aliphatic hydroxyl groups excluding tert-OH is 1. The molecule has 1 aromatic heterocycles. The fourth-order valence-corrected chi connectivity index (χ4v) is 1.76. The Morgan fingerprint density at radius 3 is 2.80 bits per heavy atom. The molecule has 0 fully saturated rings. The Bertz CT molecular complexity index is 693. The van der Waals surface area contributed by atoms with Gasteiger partial charge in [0.25, 0.3) is 5.91 Å². The van der Waals surface area contributed by atoms with Crippen molar-refractivity contribution in [2.75, 3.05) is 11.9 Å². The number of para-hydroxylation sites is 1. The maximum Gasteiger partial charge on any atom is 0.293 e. The number of aryl methyl sites for hydroxylation is 2. The third kappa shape index (κ3) is 3.05. The molecule has 0 bridgehead atoms. The second-order valence-electron chi connectivity index (χ2n) is 4.11. The average molecular weight is 270 g/mol. The Labute approximate surface area is 116 Å². The largest absolute Gasteiger partial charge is 0.436 e. The SMILES string of the molecule is Cc1nc(C)c(C(=O)Nc2ccccc2C#CCO)o1. The minimum atomic E-state index is -0.374. The molecule has 0 saturated carbocycles. The average Bonchev–Trinajstić information content (AvgIpc) is 2.77. The van der Waals surface area contributed by atoms with Gasteiger partial charge in [-0.1, -0.05) is 24.0 Å². The lowest BCUT2D eigenvalue weighted by molar-refractivity contribution is 0.0994. The molecular weight excluding hydrogens is 256 g/mol. The molecule has 0 aliphatic rings. The van der Waals surface area contributed by atoms with E-state index in [0.29, 0.717) is 22.8 Å². The summed E-state index contributed by atoms with van der Waals surface area (Å²) in [5.74, 6) is 5.59. The Morgan fingerprint density at radius 1 is 1.40 bits per heavy atom. The van der Waals surface area contributed by atoms with Crippen LogP contribution in [-0.2, 0) is 0 Å². The number of hydrogen-bond donors (Lipinski definition) is 2. The maximum atomic E-state index is 12.1. The zero-order chi connectivity index (χ0) is 14.5. The van der Waals surface area contributed by atoms with Gasteiger partial charge in [-0.25, -0.2) is 4.98 Å². The lowest BCUT2D eigenvalue weighted by atomic mass is 10.1. The standard InChI is InChI=1S/C15H14N2O3/c1-10-14(20-11(2)16-10)15(19)17-13-8-4-3-6-12(13)7-5-9-18/h3-4,6,8,18H,9H2,1-2H3,(H,17,19). The number of benzene rings is 1. The molecule has 0 atom stereocenters. The molecule has 1 amide bonds. The van der Waals surface area contributed by atoms with Gasteiger partial charge in [0.1, 0.15) is 6.61 Å². The number of aliphatic hydroxyl groups is 1. The van der Waals surface area contributed by atoms with E-state index in [0.717, 1.165) is 0 Å². The van der Waals surface area contributed by atoms with Crippen LogP contribution in [0.4, 0.5) is 5.69 Å². The molecule has 1 heterocycles. The third-order valence-corrected chi connectivity index (χ3v) is 2.59. The van der Waals surface area contributed by atoms with Gasteiger partial charge < -0.3 is 14.8 Å². The van der Waals surface area contributed by atoms with Crippen molar-refractivity contribution in [2.24, 2.45) is 0 Å². The quantitative estimate of drug-likeness (QED) is 0.817. The summed E-state index contributed by atoms with van der Waals surface area (Å²) in [6.45, 7) is 3.16. The van der Waals surface area contributed by atoms with Gasteiger partial charge in [0.05, 0.1) is 11.4 Å². The maximum absolute atomic E-state index is 12.1. The van der Waals surface area contributed by atoms with Crippen molar-refractivity contribution >= 4 is 11.6 Å². The molecule has 102 valence electrons. The zero-order valence-electron chi connectivity index (χ0n) is 11.2. The second kappa shape index (κ2) is 6.04. The first-order chi connectivity index (χ1) is 9.61. The van der Waals surface area contributed by atoms with Gasteiger partial charge in [-0.3, -0.25) is 4.79 Å². The first-order valence-electron chi connectivity index (χ1n) is 6.06. The zero-order valence-corrected chi connectivity index (χ0v) is 11.2. The van der Waals surface area contributed by atoms with Gasteiger partial charge in [-0.2, -0.15) is 0 Å². The van der Waals surface area contributed by atoms with Crippen LogP contribution >= 0.6 is 0 Å². The number of rotatable bonds is 2. The number of aromatic nitrogens is 1. The van der Waals surface area contributed by atoms with E-state index in [1.807, 2.05) is 0 Å². The highest BCUT2D eigenvalue weighted by atomic mass is 16.4. The van der Waals surface area contributed by atoms with E-state index >= 15 is 0 Å². The van der Waals surface area contributed by atoms with Crippen LogP contribution in [0.3, 0.4) is 0 Å². The predicted molar refractivity (Wildman–Crippen MR) is 74.3 cm³/mol. The molecule has 0 aliphatic carbocycles. The van der Waals surface area contributed by atoms with Crippen LogP contribution in [0, 0.1) is 25.7 Å². The number of carbonyl (C=O) groups is 1. The van der Waals surface area contributed by atoms with E-state index in [-0.39, 0.29) is 18.3 Å². The van der Waals surface area contributed by atoms with E-state index in [9.17, 15) is 4.79 Å². The topological polar surface area (TPSA) is 75.4 Å². The summed E-state index contributed by atoms with van der Waals surface area (Å²) < 4.78 is 5.27. The Hall–Kier alpha value is -2.58. The van der Waals surface area contributed by atoms with Crippen LogP contribution in [0.15, 0.2) is 28.7 Å². The summed E-state index contributed by atoms with van der Waals surface area (Å²) in [5.41, 5.74) is 1.73. The highest BCUT2D eigenvalue weighted by Crippen LogP contribution is 2.17. The smallest absolute Gasteiger partial charge is 0.293 e. The minimum Gasteiger partial charge on any atom is -0.436 e. The molecule has 0 aliphatic heterocycles. The Kier molecular flexibility index (Phi) is 4.18. The van der Waals surface area contributed by atoms with Crippen LogP contribution in [0.25, 0.3) is 0 Å². The lowest BCUT2D eigenvalue weighted by Gasteiger charge is -2.05. The molecule has 20 heavy (non-hydrogen) atoms. The first-order valence-corrected chi connectivity index (χ1v) is 6.06. The minimum absolute atomic E-state index is 0.187. The molecule has 2 rings (SSSR count). The fourth-order valence-electron chi connectivity index (χ4n) is 1.76. The molecule has 2 aromatic rings. The molecule has 1 aromatic carbocycles. The summed E-state index contributed by atoms with van der Waals surface area (Å²) >= 11 is 0. The van der Waals surface area contributed by atoms with Gasteiger partial charge in [0.2, 0.25) is 5.76 Å². The molecule has 5 nitrogen and oxygen atoms in total. The first kappa shape index (κ1) is 13.8. The number of oxazole rings is 1. The molecule has 0 spiro atoms. The van der Waals surface area contributed by atoms with E-state index in [1.54, 1.807) is 38.1 Å².